The normalized spacial score (nSPS) is 15.8. The highest BCUT2D eigenvalue weighted by Crippen LogP contribution is 2.37. The molecule has 0 aromatic heterocycles. The Balaban J connectivity index is 5.68. The zero-order valence-corrected chi connectivity index (χ0v) is 40.5. The molecule has 0 aliphatic heterocycles. The molecule has 10 nitrogen and oxygen atoms in total. The monoisotopic (exact) mass is 768 g/mol. The van der Waals surface area contributed by atoms with Gasteiger partial charge in [-0.2, -0.15) is 0 Å². The molecule has 0 saturated carbocycles. The van der Waals surface area contributed by atoms with E-state index in [-0.39, 0.29) is 5.16 Å². The quantitative estimate of drug-likeness (QED) is 0.103. The van der Waals surface area contributed by atoms with Gasteiger partial charge in [-0.05, 0) is 126 Å². The first-order chi connectivity index (χ1) is 19.0. The van der Waals surface area contributed by atoms with Crippen LogP contribution in [0.15, 0.2) is 0 Å². The Hall–Kier alpha value is 1.55. The highest BCUT2D eigenvalue weighted by Gasteiger charge is 2.57. The molecular weight excluding hydrogens is 701 g/mol. The van der Waals surface area contributed by atoms with E-state index in [1.165, 1.54) is 0 Å². The molecule has 0 saturated heterocycles. The lowest BCUT2D eigenvalue weighted by Crippen LogP contribution is -2.63. The largest absolute Gasteiger partial charge is 0.503 e. The Kier molecular flexibility index (Phi) is 17.4. The third-order valence-corrected chi connectivity index (χ3v) is 42.4. The topological polar surface area (TPSA) is 92.3 Å². The van der Waals surface area contributed by atoms with Gasteiger partial charge in [-0.3, -0.25) is 0 Å². The molecule has 1 unspecified atom stereocenters. The van der Waals surface area contributed by atoms with E-state index >= 15 is 0 Å². The van der Waals surface area contributed by atoms with Gasteiger partial charge in [0.25, 0.3) is 0 Å². The van der Waals surface area contributed by atoms with Crippen molar-refractivity contribution in [2.75, 3.05) is 19.8 Å². The van der Waals surface area contributed by atoms with Gasteiger partial charge in [0.05, 0.1) is 0 Å². The van der Waals surface area contributed by atoms with Crippen molar-refractivity contribution >= 4 is 77.5 Å². The summed E-state index contributed by atoms with van der Waals surface area (Å²) < 4.78 is 65.5. The minimum atomic E-state index is -2.95. The van der Waals surface area contributed by atoms with Crippen LogP contribution in [0.2, 0.25) is 110 Å². The zero-order chi connectivity index (χ0) is 34.3. The summed E-state index contributed by atoms with van der Waals surface area (Å²) in [5.74, 6) is 0. The average molecular weight is 770 g/mol. The summed E-state index contributed by atoms with van der Waals surface area (Å²) in [5.41, 5.74) is 0. The van der Waals surface area contributed by atoms with E-state index in [0.29, 0.717) is 19.8 Å². The van der Waals surface area contributed by atoms with Crippen LogP contribution in [0, 0.1) is 0 Å². The standard InChI is InChI=1S/C24H68O10Si9/c1-21-25-43(26-22-2,27-23-3)24(4)36(7,8)29-38(11,12)31-40(15,16)33-42(19,20)34-41(17,18)32-39(13,14)30-37(9,10)28-35(5)6/h24,35H,21-23H2,1-20H3. The Morgan fingerprint density at radius 3 is 0.953 bits per heavy atom. The Bertz CT molecular complexity index is 825. The maximum absolute atomic E-state index is 6.97. The molecule has 0 bridgehead atoms. The SMILES string of the molecule is CCO[Si](OCC)(OCC)C(C)[Si](C)(C)O[Si](C)(C)O[Si](C)(C)O[Si](C)(C)O[Si](C)(C)O[Si](C)(C)O[Si](C)(C)O[SiH](C)C. The van der Waals surface area contributed by atoms with E-state index in [1.54, 1.807) is 0 Å². The fourth-order valence-electron chi connectivity index (χ4n) is 5.91. The molecule has 0 spiro atoms. The Morgan fingerprint density at radius 2 is 0.698 bits per heavy atom. The van der Waals surface area contributed by atoms with Crippen molar-refractivity contribution in [1.29, 1.82) is 0 Å². The number of hydrogen-bond donors (Lipinski definition) is 0. The molecule has 0 radical (unpaired) electrons. The van der Waals surface area contributed by atoms with E-state index in [4.69, 9.17) is 42.1 Å². The summed E-state index contributed by atoms with van der Waals surface area (Å²) in [6, 6.07) is 0. The van der Waals surface area contributed by atoms with Gasteiger partial charge in [0.2, 0.25) is 0 Å². The smallest absolute Gasteiger partial charge is 0.440 e. The second kappa shape index (κ2) is 16.8. The van der Waals surface area contributed by atoms with Gasteiger partial charge in [0, 0.05) is 25.0 Å². The molecule has 260 valence electrons. The van der Waals surface area contributed by atoms with Gasteiger partial charge < -0.3 is 42.1 Å². The van der Waals surface area contributed by atoms with Crippen LogP contribution in [0.3, 0.4) is 0 Å². The van der Waals surface area contributed by atoms with Crippen LogP contribution in [-0.4, -0.2) is 97.3 Å². The highest BCUT2D eigenvalue weighted by molar-refractivity contribution is 6.94. The van der Waals surface area contributed by atoms with Crippen LogP contribution in [0.1, 0.15) is 27.7 Å². The van der Waals surface area contributed by atoms with Crippen molar-refractivity contribution in [2.45, 2.75) is 138 Å². The second-order valence-corrected chi connectivity index (χ2v) is 46.7. The van der Waals surface area contributed by atoms with Crippen LogP contribution in [0.25, 0.3) is 0 Å². The lowest BCUT2D eigenvalue weighted by Gasteiger charge is -2.45. The zero-order valence-electron chi connectivity index (χ0n) is 31.4. The van der Waals surface area contributed by atoms with Crippen LogP contribution >= 0.6 is 0 Å². The molecular formula is C24H68O10Si9. The Morgan fingerprint density at radius 1 is 0.442 bits per heavy atom. The molecule has 0 aromatic carbocycles. The first-order valence-corrected chi connectivity index (χ1v) is 40.3. The number of rotatable bonds is 22. The Labute approximate surface area is 275 Å². The third kappa shape index (κ3) is 17.0. The molecule has 43 heavy (non-hydrogen) atoms. The van der Waals surface area contributed by atoms with Gasteiger partial charge in [-0.25, -0.2) is 0 Å². The fourth-order valence-corrected chi connectivity index (χ4v) is 50.1. The van der Waals surface area contributed by atoms with E-state index in [0.717, 1.165) is 0 Å². The maximum Gasteiger partial charge on any atom is 0.503 e. The van der Waals surface area contributed by atoms with Crippen molar-refractivity contribution in [2.24, 2.45) is 0 Å². The summed E-state index contributed by atoms with van der Waals surface area (Å²) in [6.07, 6.45) is 0. The third-order valence-electron chi connectivity index (χ3n) is 6.10. The van der Waals surface area contributed by atoms with Crippen LogP contribution in [-0.2, 0) is 42.1 Å². The average Bonchev–Trinajstić information content (AvgIpc) is 2.66. The van der Waals surface area contributed by atoms with Gasteiger partial charge in [-0.1, -0.05) is 6.92 Å². The van der Waals surface area contributed by atoms with Crippen LogP contribution < -0.4 is 0 Å². The molecule has 0 amide bonds. The van der Waals surface area contributed by atoms with Gasteiger partial charge in [0.15, 0.2) is 17.4 Å². The van der Waals surface area contributed by atoms with Crippen molar-refractivity contribution in [3.8, 4) is 0 Å². The van der Waals surface area contributed by atoms with E-state index in [1.807, 2.05) is 20.8 Å². The van der Waals surface area contributed by atoms with Gasteiger partial charge in [-0.15, -0.1) is 0 Å². The van der Waals surface area contributed by atoms with Crippen molar-refractivity contribution in [3.63, 3.8) is 0 Å². The van der Waals surface area contributed by atoms with Crippen molar-refractivity contribution in [3.05, 3.63) is 0 Å². The number of hydrogen-bond acceptors (Lipinski definition) is 10. The molecule has 0 aliphatic rings. The maximum atomic E-state index is 6.97. The first-order valence-electron chi connectivity index (χ1n) is 15.8. The second-order valence-electron chi connectivity index (χ2n) is 14.4. The molecule has 0 rings (SSSR count). The molecule has 0 aromatic rings. The van der Waals surface area contributed by atoms with Crippen LogP contribution in [0.5, 0.6) is 0 Å². The predicted octanol–water partition coefficient (Wildman–Crippen LogP) is 7.48. The lowest BCUT2D eigenvalue weighted by atomic mass is 10.9. The molecule has 19 heteroatoms. The van der Waals surface area contributed by atoms with Gasteiger partial charge >= 0.3 is 60.2 Å². The summed E-state index contributed by atoms with van der Waals surface area (Å²) >= 11 is 0. The first kappa shape index (κ1) is 44.6. The van der Waals surface area contributed by atoms with Crippen LogP contribution in [0.4, 0.5) is 0 Å². The highest BCUT2D eigenvalue weighted by atomic mass is 28.5. The summed E-state index contributed by atoms with van der Waals surface area (Å²) in [5, 5.41) is 0.0232. The summed E-state index contributed by atoms with van der Waals surface area (Å²) in [7, 11) is -21.9. The van der Waals surface area contributed by atoms with E-state index in [9.17, 15) is 0 Å². The minimum Gasteiger partial charge on any atom is -0.440 e. The minimum absolute atomic E-state index is 0.0232. The summed E-state index contributed by atoms with van der Waals surface area (Å²) in [6.45, 7) is 43.5. The predicted molar refractivity (Wildman–Crippen MR) is 199 cm³/mol. The lowest BCUT2D eigenvalue weighted by molar-refractivity contribution is 0.0674. The summed E-state index contributed by atoms with van der Waals surface area (Å²) in [4.78, 5) is 0. The van der Waals surface area contributed by atoms with Crippen molar-refractivity contribution in [1.82, 2.24) is 0 Å². The fraction of sp³-hybridized carbons (Fsp3) is 1.00. The van der Waals surface area contributed by atoms with Crippen molar-refractivity contribution < 1.29 is 42.1 Å². The molecule has 0 heterocycles. The molecule has 0 fully saturated rings. The van der Waals surface area contributed by atoms with E-state index < -0.39 is 77.5 Å². The molecule has 0 N–H and O–H groups in total. The van der Waals surface area contributed by atoms with E-state index in [2.05, 4.69) is 112 Å². The molecule has 1 atom stereocenters. The molecule has 0 aliphatic carbocycles. The van der Waals surface area contributed by atoms with Gasteiger partial charge in [0.1, 0.15) is 0 Å².